The van der Waals surface area contributed by atoms with Crippen molar-refractivity contribution in [1.82, 2.24) is 20.1 Å². The number of carbonyl (C=O) groups is 1. The van der Waals surface area contributed by atoms with Gasteiger partial charge in [-0.3, -0.25) is 9.78 Å². The van der Waals surface area contributed by atoms with Crippen molar-refractivity contribution in [2.24, 2.45) is 0 Å². The Hall–Kier alpha value is -3.09. The second-order valence-corrected chi connectivity index (χ2v) is 5.79. The first kappa shape index (κ1) is 14.5. The fourth-order valence-electron chi connectivity index (χ4n) is 2.77. The van der Waals surface area contributed by atoms with Crippen molar-refractivity contribution >= 4 is 11.6 Å². The summed E-state index contributed by atoms with van der Waals surface area (Å²) in [6, 6.07) is 7.90. The molecule has 1 aliphatic rings. The summed E-state index contributed by atoms with van der Waals surface area (Å²) >= 11 is 0. The fourth-order valence-corrected chi connectivity index (χ4v) is 2.77. The van der Waals surface area contributed by atoms with Gasteiger partial charge in [0.2, 0.25) is 5.91 Å². The number of rotatable bonds is 3. The van der Waals surface area contributed by atoms with E-state index in [4.69, 9.17) is 4.52 Å². The first-order valence-electron chi connectivity index (χ1n) is 7.68. The molecule has 0 spiro atoms. The summed E-state index contributed by atoms with van der Waals surface area (Å²) in [5.74, 6) is 0.820. The number of benzene rings is 1. The molecule has 0 radical (unpaired) electrons. The summed E-state index contributed by atoms with van der Waals surface area (Å²) in [4.78, 5) is 26.6. The van der Waals surface area contributed by atoms with Crippen molar-refractivity contribution in [2.75, 3.05) is 11.4 Å². The van der Waals surface area contributed by atoms with Crippen LogP contribution >= 0.6 is 0 Å². The Morgan fingerprint density at radius 2 is 2.04 bits per heavy atom. The Morgan fingerprint density at radius 3 is 2.79 bits per heavy atom. The van der Waals surface area contributed by atoms with Crippen molar-refractivity contribution < 1.29 is 9.32 Å². The summed E-state index contributed by atoms with van der Waals surface area (Å²) in [5.41, 5.74) is 2.58. The van der Waals surface area contributed by atoms with Crippen LogP contribution in [0.4, 0.5) is 5.69 Å². The number of anilines is 1. The minimum atomic E-state index is -0.0898. The normalized spacial score (nSPS) is 17.5. The number of nitrogens with zero attached hydrogens (tertiary/aromatic N) is 5. The maximum absolute atomic E-state index is 12.3. The van der Waals surface area contributed by atoms with E-state index in [1.807, 2.05) is 31.2 Å². The number of hydrogen-bond acceptors (Lipinski definition) is 6. The van der Waals surface area contributed by atoms with Gasteiger partial charge in [-0.15, -0.1) is 0 Å². The second-order valence-electron chi connectivity index (χ2n) is 5.79. The highest BCUT2D eigenvalue weighted by molar-refractivity contribution is 5.96. The molecular weight excluding hydrogens is 306 g/mol. The van der Waals surface area contributed by atoms with Crippen LogP contribution in [0.25, 0.3) is 11.6 Å². The minimum Gasteiger partial charge on any atom is -0.332 e. The molecule has 0 saturated carbocycles. The molecule has 3 aromatic rings. The van der Waals surface area contributed by atoms with Crippen molar-refractivity contribution in [3.05, 3.63) is 54.2 Å². The largest absolute Gasteiger partial charge is 0.332 e. The van der Waals surface area contributed by atoms with E-state index in [2.05, 4.69) is 20.1 Å². The molecule has 0 aliphatic carbocycles. The van der Waals surface area contributed by atoms with Crippen molar-refractivity contribution in [1.29, 1.82) is 0 Å². The number of amides is 1. The molecule has 1 atom stereocenters. The van der Waals surface area contributed by atoms with Gasteiger partial charge in [0.1, 0.15) is 5.69 Å². The maximum Gasteiger partial charge on any atom is 0.278 e. The van der Waals surface area contributed by atoms with E-state index in [1.165, 1.54) is 0 Å². The van der Waals surface area contributed by atoms with Gasteiger partial charge in [0.15, 0.2) is 5.82 Å². The molecule has 0 N–H and O–H groups in total. The van der Waals surface area contributed by atoms with Gasteiger partial charge < -0.3 is 9.42 Å². The first-order valence-corrected chi connectivity index (χ1v) is 7.68. The lowest BCUT2D eigenvalue weighted by atomic mass is 10.1. The Kier molecular flexibility index (Phi) is 3.53. The average molecular weight is 321 g/mol. The van der Waals surface area contributed by atoms with E-state index in [9.17, 15) is 4.79 Å². The summed E-state index contributed by atoms with van der Waals surface area (Å²) in [5, 5.41) is 4.02. The van der Waals surface area contributed by atoms with Gasteiger partial charge in [0.25, 0.3) is 5.89 Å². The maximum atomic E-state index is 12.3. The van der Waals surface area contributed by atoms with Crippen LogP contribution in [0.15, 0.2) is 47.4 Å². The molecular formula is C17H15N5O2. The molecule has 1 saturated heterocycles. The monoisotopic (exact) mass is 321 g/mol. The molecule has 120 valence electrons. The van der Waals surface area contributed by atoms with Crippen molar-refractivity contribution in [3.63, 3.8) is 0 Å². The van der Waals surface area contributed by atoms with E-state index in [0.29, 0.717) is 30.4 Å². The minimum absolute atomic E-state index is 0.0645. The number of aromatic nitrogens is 4. The molecule has 1 aliphatic heterocycles. The Labute approximate surface area is 138 Å². The van der Waals surface area contributed by atoms with E-state index in [0.717, 1.165) is 11.3 Å². The van der Waals surface area contributed by atoms with Gasteiger partial charge in [-0.1, -0.05) is 22.9 Å². The van der Waals surface area contributed by atoms with Crippen LogP contribution in [0, 0.1) is 6.92 Å². The smallest absolute Gasteiger partial charge is 0.278 e. The standard InChI is InChI=1S/C17H15N5O2/c1-11-2-4-13(5-3-11)22-10-12(8-15(22)23)16-20-17(24-21-16)14-9-18-6-7-19-14/h2-7,9,12H,8,10H2,1H3/t12-/m0/s1. The Morgan fingerprint density at radius 1 is 1.21 bits per heavy atom. The highest BCUT2D eigenvalue weighted by Crippen LogP contribution is 2.31. The Bertz CT molecular complexity index is 860. The zero-order valence-electron chi connectivity index (χ0n) is 13.1. The van der Waals surface area contributed by atoms with Crippen LogP contribution in [0.1, 0.15) is 23.7 Å². The molecule has 1 aromatic carbocycles. The summed E-state index contributed by atoms with van der Waals surface area (Å²) < 4.78 is 5.26. The predicted molar refractivity (Wildman–Crippen MR) is 86.2 cm³/mol. The molecule has 2 aromatic heterocycles. The third-order valence-electron chi connectivity index (χ3n) is 4.06. The van der Waals surface area contributed by atoms with Gasteiger partial charge in [-0.05, 0) is 19.1 Å². The average Bonchev–Trinajstić information content (AvgIpc) is 3.23. The fraction of sp³-hybridized carbons (Fsp3) is 0.235. The first-order chi connectivity index (χ1) is 11.7. The van der Waals surface area contributed by atoms with Crippen LogP contribution < -0.4 is 4.90 Å². The lowest BCUT2D eigenvalue weighted by Crippen LogP contribution is -2.24. The second kappa shape index (κ2) is 5.84. The Balaban J connectivity index is 1.55. The number of carbonyl (C=O) groups excluding carboxylic acids is 1. The summed E-state index contributed by atoms with van der Waals surface area (Å²) in [7, 11) is 0. The van der Waals surface area contributed by atoms with Gasteiger partial charge in [0.05, 0.1) is 6.20 Å². The predicted octanol–water partition coefficient (Wildman–Crippen LogP) is 2.36. The SMILES string of the molecule is Cc1ccc(N2C[C@@H](c3noc(-c4cnccn4)n3)CC2=O)cc1. The van der Waals surface area contributed by atoms with Gasteiger partial charge in [0, 0.05) is 37.0 Å². The third kappa shape index (κ3) is 2.64. The lowest BCUT2D eigenvalue weighted by molar-refractivity contribution is -0.117. The number of aryl methyl sites for hydroxylation is 1. The third-order valence-corrected chi connectivity index (χ3v) is 4.06. The summed E-state index contributed by atoms with van der Waals surface area (Å²) in [6.45, 7) is 2.56. The van der Waals surface area contributed by atoms with E-state index in [1.54, 1.807) is 23.5 Å². The van der Waals surface area contributed by atoms with Gasteiger partial charge in [-0.2, -0.15) is 4.98 Å². The molecule has 3 heterocycles. The van der Waals surface area contributed by atoms with E-state index < -0.39 is 0 Å². The molecule has 1 fully saturated rings. The van der Waals surface area contributed by atoms with E-state index in [-0.39, 0.29) is 11.8 Å². The van der Waals surface area contributed by atoms with Crippen LogP contribution in [0.2, 0.25) is 0 Å². The lowest BCUT2D eigenvalue weighted by Gasteiger charge is -2.16. The van der Waals surface area contributed by atoms with Crippen LogP contribution in [-0.4, -0.2) is 32.6 Å². The van der Waals surface area contributed by atoms with Crippen LogP contribution in [-0.2, 0) is 4.79 Å². The van der Waals surface area contributed by atoms with Gasteiger partial charge >= 0.3 is 0 Å². The van der Waals surface area contributed by atoms with Crippen molar-refractivity contribution in [2.45, 2.75) is 19.3 Å². The van der Waals surface area contributed by atoms with Crippen LogP contribution in [0.5, 0.6) is 0 Å². The topological polar surface area (TPSA) is 85.0 Å². The molecule has 7 nitrogen and oxygen atoms in total. The zero-order chi connectivity index (χ0) is 16.5. The molecule has 7 heteroatoms. The van der Waals surface area contributed by atoms with Crippen LogP contribution in [0.3, 0.4) is 0 Å². The summed E-state index contributed by atoms with van der Waals surface area (Å²) in [6.07, 6.45) is 5.08. The highest BCUT2D eigenvalue weighted by atomic mass is 16.5. The quantitative estimate of drug-likeness (QED) is 0.736. The molecule has 24 heavy (non-hydrogen) atoms. The molecule has 0 unspecified atom stereocenters. The molecule has 1 amide bonds. The van der Waals surface area contributed by atoms with Crippen molar-refractivity contribution in [3.8, 4) is 11.6 Å². The molecule has 0 bridgehead atoms. The van der Waals surface area contributed by atoms with E-state index >= 15 is 0 Å². The molecule has 4 rings (SSSR count). The zero-order valence-corrected chi connectivity index (χ0v) is 13.1. The highest BCUT2D eigenvalue weighted by Gasteiger charge is 2.34. The van der Waals surface area contributed by atoms with Gasteiger partial charge in [-0.25, -0.2) is 4.98 Å². The number of hydrogen-bond donors (Lipinski definition) is 0.